The monoisotopic (exact) mass is 344 g/mol. The molecule has 0 amide bonds. The van der Waals surface area contributed by atoms with Crippen molar-refractivity contribution in [3.63, 3.8) is 0 Å². The lowest BCUT2D eigenvalue weighted by molar-refractivity contribution is -0.120. The van der Waals surface area contributed by atoms with Gasteiger partial charge in [0, 0.05) is 11.6 Å². The van der Waals surface area contributed by atoms with Crippen molar-refractivity contribution in [2.75, 3.05) is 6.61 Å². The molecule has 3 aliphatic carbocycles. The Kier molecular flexibility index (Phi) is 3.68. The first-order chi connectivity index (χ1) is 11.7. The van der Waals surface area contributed by atoms with E-state index >= 15 is 0 Å². The minimum Gasteiger partial charge on any atom is -0.504 e. The summed E-state index contributed by atoms with van der Waals surface area (Å²) in [5.41, 5.74) is 0.885. The summed E-state index contributed by atoms with van der Waals surface area (Å²) in [4.78, 5) is 24.8. The average Bonchev–Trinajstić information content (AvgIpc) is 2.73. The van der Waals surface area contributed by atoms with Gasteiger partial charge in [-0.25, -0.2) is 0 Å². The molecular weight excluding hydrogens is 316 g/mol. The predicted molar refractivity (Wildman–Crippen MR) is 93.8 cm³/mol. The van der Waals surface area contributed by atoms with Crippen LogP contribution >= 0.6 is 0 Å². The van der Waals surface area contributed by atoms with Crippen molar-refractivity contribution < 1.29 is 19.4 Å². The number of ketones is 2. The van der Waals surface area contributed by atoms with Crippen molar-refractivity contribution in [3.8, 4) is 0 Å². The molecule has 1 N–H and O–H groups in total. The van der Waals surface area contributed by atoms with Crippen LogP contribution in [0.3, 0.4) is 0 Å². The van der Waals surface area contributed by atoms with Crippen LogP contribution in [0.15, 0.2) is 23.2 Å². The lowest BCUT2D eigenvalue weighted by Gasteiger charge is -2.59. The number of aliphatic hydroxyl groups is 1. The number of Topliss-reactive ketones (excluding diaryl/α,β-unsaturated/α-hetero) is 1. The molecule has 1 heterocycles. The van der Waals surface area contributed by atoms with Crippen molar-refractivity contribution in [2.24, 2.45) is 28.6 Å². The van der Waals surface area contributed by atoms with Crippen LogP contribution in [0.4, 0.5) is 0 Å². The van der Waals surface area contributed by atoms with Gasteiger partial charge >= 0.3 is 0 Å². The Balaban J connectivity index is 1.73. The fraction of sp³-hybridized carbons (Fsp3) is 0.714. The molecule has 4 heteroatoms. The number of hydrogen-bond acceptors (Lipinski definition) is 4. The Morgan fingerprint density at radius 3 is 2.68 bits per heavy atom. The Labute approximate surface area is 149 Å². The molecule has 0 bridgehead atoms. The summed E-state index contributed by atoms with van der Waals surface area (Å²) in [5, 5.41) is 9.86. The van der Waals surface area contributed by atoms with Gasteiger partial charge in [0.2, 0.25) is 11.6 Å². The van der Waals surface area contributed by atoms with E-state index in [0.29, 0.717) is 41.8 Å². The van der Waals surface area contributed by atoms with Crippen molar-refractivity contribution in [2.45, 2.75) is 59.3 Å². The summed E-state index contributed by atoms with van der Waals surface area (Å²) in [6.07, 6.45) is 7.51. The van der Waals surface area contributed by atoms with E-state index < -0.39 is 11.5 Å². The number of allylic oxidation sites excluding steroid dienone is 2. The summed E-state index contributed by atoms with van der Waals surface area (Å²) < 4.78 is 5.84. The normalized spacial score (nSPS) is 40.3. The summed E-state index contributed by atoms with van der Waals surface area (Å²) >= 11 is 0. The first-order valence-electron chi connectivity index (χ1n) is 9.60. The lowest BCUT2D eigenvalue weighted by Crippen LogP contribution is -2.52. The highest BCUT2D eigenvalue weighted by atomic mass is 16.5. The van der Waals surface area contributed by atoms with Crippen LogP contribution in [0.5, 0.6) is 0 Å². The van der Waals surface area contributed by atoms with Gasteiger partial charge in [-0.3, -0.25) is 9.59 Å². The van der Waals surface area contributed by atoms with Gasteiger partial charge in [-0.05, 0) is 60.7 Å². The molecule has 0 aromatic rings. The number of carbonyl (C=O) groups excluding carboxylic acids is 2. The molecule has 136 valence electrons. The summed E-state index contributed by atoms with van der Waals surface area (Å²) in [7, 11) is 0. The van der Waals surface area contributed by atoms with Gasteiger partial charge in [-0.2, -0.15) is 0 Å². The third kappa shape index (κ3) is 2.40. The Morgan fingerprint density at radius 2 is 1.92 bits per heavy atom. The van der Waals surface area contributed by atoms with Gasteiger partial charge in [-0.1, -0.05) is 27.2 Å². The second-order valence-corrected chi connectivity index (χ2v) is 9.39. The molecule has 0 aromatic heterocycles. The van der Waals surface area contributed by atoms with Gasteiger partial charge in [0.1, 0.15) is 0 Å². The van der Waals surface area contributed by atoms with Crippen LogP contribution in [0, 0.1) is 28.6 Å². The molecule has 1 aliphatic heterocycles. The molecule has 4 aliphatic rings. The van der Waals surface area contributed by atoms with Crippen molar-refractivity contribution in [3.05, 3.63) is 23.2 Å². The van der Waals surface area contributed by atoms with Gasteiger partial charge in [-0.15, -0.1) is 0 Å². The molecule has 0 unspecified atom stereocenters. The molecular formula is C21H28O4. The number of fused-ring (bicyclic) bond motifs is 3. The number of aliphatic hydroxyl groups excluding tert-OH is 1. The van der Waals surface area contributed by atoms with Gasteiger partial charge in [0.25, 0.3) is 0 Å². The minimum atomic E-state index is -0.438. The van der Waals surface area contributed by atoms with E-state index in [9.17, 15) is 14.7 Å². The van der Waals surface area contributed by atoms with E-state index in [1.165, 1.54) is 25.7 Å². The van der Waals surface area contributed by atoms with Crippen molar-refractivity contribution in [1.82, 2.24) is 0 Å². The zero-order valence-corrected chi connectivity index (χ0v) is 15.4. The maximum Gasteiger partial charge on any atom is 0.227 e. The average molecular weight is 344 g/mol. The summed E-state index contributed by atoms with van der Waals surface area (Å²) in [6.45, 7) is 7.68. The molecule has 0 radical (unpaired) electrons. The van der Waals surface area contributed by atoms with Crippen LogP contribution in [-0.4, -0.2) is 23.3 Å². The number of carbonyl (C=O) groups is 2. The van der Waals surface area contributed by atoms with E-state index in [0.717, 1.165) is 12.5 Å². The zero-order chi connectivity index (χ0) is 18.0. The van der Waals surface area contributed by atoms with Crippen LogP contribution in [0.1, 0.15) is 59.3 Å². The highest BCUT2D eigenvalue weighted by Gasteiger charge is 2.56. The van der Waals surface area contributed by atoms with Crippen LogP contribution in [0.2, 0.25) is 0 Å². The molecule has 4 nitrogen and oxygen atoms in total. The Hall–Kier alpha value is -1.58. The van der Waals surface area contributed by atoms with Crippen molar-refractivity contribution >= 4 is 11.6 Å². The maximum atomic E-state index is 12.5. The highest BCUT2D eigenvalue weighted by molar-refractivity contribution is 6.20. The molecule has 0 spiro atoms. The number of rotatable bonds is 0. The third-order valence-electron chi connectivity index (χ3n) is 7.66. The molecule has 25 heavy (non-hydrogen) atoms. The fourth-order valence-corrected chi connectivity index (χ4v) is 6.47. The van der Waals surface area contributed by atoms with Gasteiger partial charge in [0.15, 0.2) is 11.5 Å². The van der Waals surface area contributed by atoms with E-state index in [4.69, 9.17) is 4.74 Å². The Bertz CT molecular complexity index is 699. The number of ether oxygens (including phenoxy) is 1. The maximum absolute atomic E-state index is 12.5. The first kappa shape index (κ1) is 16.9. The molecule has 0 saturated heterocycles. The van der Waals surface area contributed by atoms with E-state index in [2.05, 4.69) is 20.8 Å². The molecule has 2 saturated carbocycles. The smallest absolute Gasteiger partial charge is 0.227 e. The molecule has 4 rings (SSSR count). The lowest BCUT2D eigenvalue weighted by atomic mass is 9.46. The minimum absolute atomic E-state index is 0.163. The first-order valence-corrected chi connectivity index (χ1v) is 9.60. The van der Waals surface area contributed by atoms with E-state index in [-0.39, 0.29) is 17.0 Å². The predicted octanol–water partition coefficient (Wildman–Crippen LogP) is 4.11. The standard InChI is InChI=1S/C21H28O4/c1-20(2)7-4-8-21(3)14-9-13-18(24)15(22)10-16(23)19(13)25-11-12(14)5-6-17(20)21/h10,12,14,17,22H,4-9,11H2,1-3H3/t12-,14+,17+,21-/m1/s1. The summed E-state index contributed by atoms with van der Waals surface area (Å²) in [5.74, 6) is 0.312. The quantitative estimate of drug-likeness (QED) is 0.672. The van der Waals surface area contributed by atoms with Crippen LogP contribution in [0.25, 0.3) is 0 Å². The Morgan fingerprint density at radius 1 is 1.16 bits per heavy atom. The van der Waals surface area contributed by atoms with Crippen LogP contribution < -0.4 is 0 Å². The fourth-order valence-electron chi connectivity index (χ4n) is 6.47. The third-order valence-corrected chi connectivity index (χ3v) is 7.66. The SMILES string of the molecule is CC1(C)CCC[C@]2(C)[C@H]3CC4=C(OC[C@H]3CC[C@@H]12)C(=O)C=C(O)C4=O. The largest absolute Gasteiger partial charge is 0.504 e. The van der Waals surface area contributed by atoms with Gasteiger partial charge < -0.3 is 9.84 Å². The molecule has 0 aromatic carbocycles. The van der Waals surface area contributed by atoms with Crippen molar-refractivity contribution in [1.29, 1.82) is 0 Å². The van der Waals surface area contributed by atoms with Gasteiger partial charge in [0.05, 0.1) is 6.61 Å². The number of hydrogen-bond donors (Lipinski definition) is 1. The van der Waals surface area contributed by atoms with Crippen LogP contribution in [-0.2, 0) is 14.3 Å². The molecule has 4 atom stereocenters. The topological polar surface area (TPSA) is 63.6 Å². The second kappa shape index (κ2) is 5.46. The second-order valence-electron chi connectivity index (χ2n) is 9.39. The zero-order valence-electron chi connectivity index (χ0n) is 15.4. The highest BCUT2D eigenvalue weighted by Crippen LogP contribution is 2.63. The molecule has 2 fully saturated rings. The summed E-state index contributed by atoms with van der Waals surface area (Å²) in [6, 6.07) is 0. The van der Waals surface area contributed by atoms with E-state index in [1.54, 1.807) is 0 Å². The van der Waals surface area contributed by atoms with E-state index in [1.807, 2.05) is 0 Å².